The van der Waals surface area contributed by atoms with Crippen LogP contribution in [-0.2, 0) is 9.59 Å². The van der Waals surface area contributed by atoms with Crippen LogP contribution in [0.5, 0.6) is 11.5 Å². The van der Waals surface area contributed by atoms with Crippen molar-refractivity contribution in [3.8, 4) is 11.5 Å². The summed E-state index contributed by atoms with van der Waals surface area (Å²) in [4.78, 5) is 37.4. The van der Waals surface area contributed by atoms with Crippen LogP contribution < -0.4 is 20.8 Å². The van der Waals surface area contributed by atoms with E-state index in [4.69, 9.17) is 4.74 Å². The summed E-state index contributed by atoms with van der Waals surface area (Å²) in [6, 6.07) is 29.8. The Morgan fingerprint density at radius 2 is 1.43 bits per heavy atom. The van der Waals surface area contributed by atoms with Crippen molar-refractivity contribution < 1.29 is 19.1 Å². The van der Waals surface area contributed by atoms with Gasteiger partial charge in [-0.2, -0.15) is 5.10 Å². The minimum absolute atomic E-state index is 0.187. The smallest absolute Gasteiger partial charge is 0.329 e. The van der Waals surface area contributed by atoms with Gasteiger partial charge in [0.15, 0.2) is 0 Å². The quantitative estimate of drug-likeness (QED) is 0.157. The van der Waals surface area contributed by atoms with Crippen LogP contribution in [0.1, 0.15) is 15.9 Å². The van der Waals surface area contributed by atoms with Gasteiger partial charge < -0.3 is 15.4 Å². The first-order chi connectivity index (χ1) is 18.0. The van der Waals surface area contributed by atoms with Gasteiger partial charge in [0, 0.05) is 10.2 Å². The van der Waals surface area contributed by atoms with Gasteiger partial charge in [0.1, 0.15) is 11.5 Å². The van der Waals surface area contributed by atoms with Crippen LogP contribution in [0.3, 0.4) is 0 Å². The summed E-state index contributed by atoms with van der Waals surface area (Å²) in [5.74, 6) is -1.11. The van der Waals surface area contributed by atoms with Crippen LogP contribution >= 0.6 is 15.9 Å². The number of hydrazone groups is 1. The molecule has 0 aromatic heterocycles. The topological polar surface area (TPSA) is 109 Å². The van der Waals surface area contributed by atoms with E-state index < -0.39 is 17.7 Å². The summed E-state index contributed by atoms with van der Waals surface area (Å²) >= 11 is 3.34. The van der Waals surface area contributed by atoms with Crippen LogP contribution in [0.4, 0.5) is 11.4 Å². The Kier molecular flexibility index (Phi) is 8.41. The third-order valence-corrected chi connectivity index (χ3v) is 5.47. The lowest BCUT2D eigenvalue weighted by Gasteiger charge is -2.11. The lowest BCUT2D eigenvalue weighted by Crippen LogP contribution is -2.33. The molecule has 0 fully saturated rings. The van der Waals surface area contributed by atoms with Crippen LogP contribution in [0.2, 0.25) is 0 Å². The van der Waals surface area contributed by atoms with Crippen molar-refractivity contribution in [1.29, 1.82) is 0 Å². The highest BCUT2D eigenvalue weighted by Gasteiger charge is 2.17. The molecule has 0 aliphatic carbocycles. The van der Waals surface area contributed by atoms with Gasteiger partial charge in [0.25, 0.3) is 5.91 Å². The second-order valence-electron chi connectivity index (χ2n) is 7.65. The van der Waals surface area contributed by atoms with E-state index in [0.29, 0.717) is 22.7 Å². The molecule has 0 aliphatic rings. The summed E-state index contributed by atoms with van der Waals surface area (Å²) in [7, 11) is 0. The molecule has 0 radical (unpaired) electrons. The minimum Gasteiger partial charge on any atom is -0.457 e. The zero-order chi connectivity index (χ0) is 26.0. The highest BCUT2D eigenvalue weighted by atomic mass is 79.9. The number of ether oxygens (including phenoxy) is 1. The number of benzene rings is 4. The first-order valence-corrected chi connectivity index (χ1v) is 11.9. The maximum absolute atomic E-state index is 12.7. The Morgan fingerprint density at radius 3 is 2.22 bits per heavy atom. The molecular weight excluding hydrogens is 536 g/mol. The molecule has 4 rings (SSSR count). The molecule has 184 valence electrons. The molecule has 3 N–H and O–H groups in total. The Hall–Kier alpha value is -4.76. The van der Waals surface area contributed by atoms with Crippen molar-refractivity contribution in [2.45, 2.75) is 0 Å². The molecular formula is C28H21BrN4O4. The number of hydrogen-bond donors (Lipinski definition) is 3. The highest BCUT2D eigenvalue weighted by molar-refractivity contribution is 9.10. The lowest BCUT2D eigenvalue weighted by molar-refractivity contribution is -0.136. The van der Waals surface area contributed by atoms with E-state index in [2.05, 4.69) is 37.1 Å². The van der Waals surface area contributed by atoms with Crippen LogP contribution in [0.15, 0.2) is 113 Å². The van der Waals surface area contributed by atoms with Crippen molar-refractivity contribution in [2.24, 2.45) is 5.10 Å². The van der Waals surface area contributed by atoms with Crippen LogP contribution in [0.25, 0.3) is 0 Å². The van der Waals surface area contributed by atoms with E-state index in [-0.39, 0.29) is 11.3 Å². The van der Waals surface area contributed by atoms with Gasteiger partial charge in [-0.15, -0.1) is 0 Å². The molecule has 4 aromatic carbocycles. The standard InChI is InChI=1S/C28H21BrN4O4/c29-20-13-15-21(16-14-20)31-26(34)24-11-4-5-12-25(24)32-27(35)28(36)33-30-18-19-7-6-10-23(17-19)37-22-8-2-1-3-9-22/h1-18H,(H,31,34)(H,32,35)(H,33,36). The van der Waals surface area contributed by atoms with Crippen LogP contribution in [0, 0.1) is 0 Å². The van der Waals surface area contributed by atoms with E-state index in [9.17, 15) is 14.4 Å². The average Bonchev–Trinajstić information content (AvgIpc) is 2.91. The Labute approximate surface area is 221 Å². The number of carbonyl (C=O) groups excluding carboxylic acids is 3. The van der Waals surface area contributed by atoms with E-state index in [1.165, 1.54) is 12.3 Å². The van der Waals surface area contributed by atoms with E-state index in [1.54, 1.807) is 66.7 Å². The van der Waals surface area contributed by atoms with Crippen molar-refractivity contribution in [3.63, 3.8) is 0 Å². The molecule has 0 saturated carbocycles. The summed E-state index contributed by atoms with van der Waals surface area (Å²) in [5, 5.41) is 9.06. The molecule has 8 nitrogen and oxygen atoms in total. The highest BCUT2D eigenvalue weighted by Crippen LogP contribution is 2.21. The van der Waals surface area contributed by atoms with Gasteiger partial charge in [0.2, 0.25) is 0 Å². The van der Waals surface area contributed by atoms with Crippen molar-refractivity contribution in [2.75, 3.05) is 10.6 Å². The summed E-state index contributed by atoms with van der Waals surface area (Å²) in [6.45, 7) is 0. The molecule has 0 aliphatic heterocycles. The Balaban J connectivity index is 1.35. The second-order valence-corrected chi connectivity index (χ2v) is 8.56. The van der Waals surface area contributed by atoms with Gasteiger partial charge in [-0.25, -0.2) is 5.43 Å². The molecule has 3 amide bonds. The zero-order valence-corrected chi connectivity index (χ0v) is 20.9. The Morgan fingerprint density at radius 1 is 0.730 bits per heavy atom. The van der Waals surface area contributed by atoms with Crippen molar-refractivity contribution >= 4 is 51.2 Å². The number of para-hydroxylation sites is 2. The fraction of sp³-hybridized carbons (Fsp3) is 0. The molecule has 9 heteroatoms. The predicted octanol–water partition coefficient (Wildman–Crippen LogP) is 5.58. The number of halogens is 1. The fourth-order valence-electron chi connectivity index (χ4n) is 3.20. The summed E-state index contributed by atoms with van der Waals surface area (Å²) in [5.41, 5.74) is 3.81. The number of carbonyl (C=O) groups is 3. The molecule has 0 saturated heterocycles. The van der Waals surface area contributed by atoms with Gasteiger partial charge in [0.05, 0.1) is 17.5 Å². The number of nitrogens with zero attached hydrogens (tertiary/aromatic N) is 1. The van der Waals surface area contributed by atoms with Gasteiger partial charge in [-0.1, -0.05) is 58.4 Å². The van der Waals surface area contributed by atoms with Gasteiger partial charge in [-0.3, -0.25) is 14.4 Å². The minimum atomic E-state index is -0.990. The lowest BCUT2D eigenvalue weighted by atomic mass is 10.1. The second kappa shape index (κ2) is 12.3. The molecule has 0 heterocycles. The molecule has 37 heavy (non-hydrogen) atoms. The molecule has 4 aromatic rings. The normalized spacial score (nSPS) is 10.5. The predicted molar refractivity (Wildman–Crippen MR) is 146 cm³/mol. The first kappa shape index (κ1) is 25.3. The zero-order valence-electron chi connectivity index (χ0n) is 19.4. The third kappa shape index (κ3) is 7.36. The molecule has 0 atom stereocenters. The van der Waals surface area contributed by atoms with Crippen molar-refractivity contribution in [3.05, 3.63) is 119 Å². The largest absolute Gasteiger partial charge is 0.457 e. The maximum atomic E-state index is 12.7. The number of nitrogens with one attached hydrogen (secondary N) is 3. The number of rotatable bonds is 7. The molecule has 0 spiro atoms. The van der Waals surface area contributed by atoms with E-state index in [0.717, 1.165) is 4.47 Å². The molecule has 0 unspecified atom stereocenters. The van der Waals surface area contributed by atoms with Crippen molar-refractivity contribution in [1.82, 2.24) is 5.43 Å². The summed E-state index contributed by atoms with van der Waals surface area (Å²) < 4.78 is 6.65. The van der Waals surface area contributed by atoms with Gasteiger partial charge in [-0.05, 0) is 66.2 Å². The number of hydrogen-bond acceptors (Lipinski definition) is 5. The van der Waals surface area contributed by atoms with E-state index in [1.807, 2.05) is 30.3 Å². The number of amides is 3. The van der Waals surface area contributed by atoms with Gasteiger partial charge >= 0.3 is 11.8 Å². The maximum Gasteiger partial charge on any atom is 0.329 e. The summed E-state index contributed by atoms with van der Waals surface area (Å²) in [6.07, 6.45) is 1.39. The third-order valence-electron chi connectivity index (χ3n) is 4.94. The average molecular weight is 557 g/mol. The Bertz CT molecular complexity index is 1440. The van der Waals surface area contributed by atoms with E-state index >= 15 is 0 Å². The molecule has 0 bridgehead atoms. The van der Waals surface area contributed by atoms with Crippen LogP contribution in [-0.4, -0.2) is 23.9 Å². The fourth-order valence-corrected chi connectivity index (χ4v) is 3.46. The number of anilines is 2. The first-order valence-electron chi connectivity index (χ1n) is 11.1. The SMILES string of the molecule is O=C(NN=Cc1cccc(Oc2ccccc2)c1)C(=O)Nc1ccccc1C(=O)Nc1ccc(Br)cc1. The monoisotopic (exact) mass is 556 g/mol.